The maximum absolute atomic E-state index is 2.82. The lowest BCUT2D eigenvalue weighted by Gasteiger charge is -2.35. The monoisotopic (exact) mass is 714 g/mol. The molecule has 2 nitrogen and oxygen atoms in total. The zero-order valence-corrected chi connectivity index (χ0v) is 30.8. The standard InChI is InChI=1S/C46H38N2S3/c1-2-11-29(12-3-1)30-21-23-31(24-22-30)47(38-17-10-16-35-34-13-4-7-18-39(34)49-44(35)38)32-25-27-33(28-26-32)48-42-36-14-5-8-19-40(36)50-45(42)46-43(48)37-15-6-9-20-41(37)51-46/h1-3,5,7-12,14,17-28,35,42-43,45-46H,4,6,13,15-16H2. The summed E-state index contributed by atoms with van der Waals surface area (Å²) in [5, 5.41) is 1.13. The summed E-state index contributed by atoms with van der Waals surface area (Å²) < 4.78 is 0. The molecule has 5 heteroatoms. The molecule has 4 aromatic carbocycles. The molecule has 0 amide bonds. The quantitative estimate of drug-likeness (QED) is 0.202. The minimum atomic E-state index is 0.397. The first-order chi connectivity index (χ1) is 25.3. The summed E-state index contributed by atoms with van der Waals surface area (Å²) in [6, 6.07) is 39.6. The van der Waals surface area contributed by atoms with Crippen LogP contribution in [0.3, 0.4) is 0 Å². The van der Waals surface area contributed by atoms with Gasteiger partial charge in [-0.1, -0.05) is 103 Å². The van der Waals surface area contributed by atoms with E-state index in [0.29, 0.717) is 28.5 Å². The molecular weight excluding hydrogens is 677 g/mol. The van der Waals surface area contributed by atoms with Crippen molar-refractivity contribution >= 4 is 52.3 Å². The second kappa shape index (κ2) is 12.3. The van der Waals surface area contributed by atoms with Gasteiger partial charge in [-0.05, 0) is 108 Å². The number of rotatable bonds is 5. The number of benzene rings is 4. The molecular formula is C46H38N2S3. The molecule has 1 saturated heterocycles. The summed E-state index contributed by atoms with van der Waals surface area (Å²) in [4.78, 5) is 11.3. The predicted octanol–water partition coefficient (Wildman–Crippen LogP) is 12.8. The molecule has 5 atom stereocenters. The largest absolute Gasteiger partial charge is 0.355 e. The SMILES string of the molecule is C1=CC2=C(CC1)C1CC=CC(N(c3ccc(-c4ccccc4)cc3)c3ccc(N4C5C6=C(C=CCC6)SC5C5Sc6ccccc6C54)cc3)=C1S2. The van der Waals surface area contributed by atoms with E-state index in [1.54, 1.807) is 11.1 Å². The number of nitrogens with zero attached hydrogens (tertiary/aromatic N) is 2. The number of fused-ring (bicyclic) bond motifs is 8. The predicted molar refractivity (Wildman–Crippen MR) is 220 cm³/mol. The van der Waals surface area contributed by atoms with Crippen molar-refractivity contribution in [2.75, 3.05) is 9.80 Å². The number of hydrogen-bond acceptors (Lipinski definition) is 5. The molecule has 0 N–H and O–H groups in total. The molecule has 0 radical (unpaired) electrons. The van der Waals surface area contributed by atoms with Gasteiger partial charge in [0.25, 0.3) is 0 Å². The average molecular weight is 715 g/mol. The van der Waals surface area contributed by atoms with Crippen LogP contribution in [-0.4, -0.2) is 16.5 Å². The van der Waals surface area contributed by atoms with Gasteiger partial charge in [-0.3, -0.25) is 0 Å². The van der Waals surface area contributed by atoms with Crippen LogP contribution in [0.1, 0.15) is 43.7 Å². The van der Waals surface area contributed by atoms with Crippen LogP contribution in [0, 0.1) is 5.92 Å². The highest BCUT2D eigenvalue weighted by atomic mass is 32.2. The van der Waals surface area contributed by atoms with Crippen LogP contribution in [0.25, 0.3) is 11.1 Å². The Kier molecular flexibility index (Phi) is 7.37. The molecule has 3 aliphatic carbocycles. The Morgan fingerprint density at radius 2 is 1.27 bits per heavy atom. The highest BCUT2D eigenvalue weighted by Gasteiger charge is 2.57. The Morgan fingerprint density at radius 3 is 2.10 bits per heavy atom. The first-order valence-electron chi connectivity index (χ1n) is 18.4. The minimum Gasteiger partial charge on any atom is -0.355 e. The maximum Gasteiger partial charge on any atom is 0.0694 e. The van der Waals surface area contributed by atoms with Crippen LogP contribution in [-0.2, 0) is 0 Å². The van der Waals surface area contributed by atoms with Gasteiger partial charge in [0.1, 0.15) is 0 Å². The molecule has 0 bridgehead atoms. The number of allylic oxidation sites excluding steroid dienone is 8. The Morgan fingerprint density at radius 1 is 0.588 bits per heavy atom. The van der Waals surface area contributed by atoms with Crippen LogP contribution >= 0.6 is 35.3 Å². The summed E-state index contributed by atoms with van der Waals surface area (Å²) in [5.74, 6) is 0.491. The summed E-state index contributed by atoms with van der Waals surface area (Å²) in [5.41, 5.74) is 12.4. The van der Waals surface area contributed by atoms with Crippen molar-refractivity contribution in [1.82, 2.24) is 0 Å². The van der Waals surface area contributed by atoms with E-state index >= 15 is 0 Å². The lowest BCUT2D eigenvalue weighted by molar-refractivity contribution is 0.681. The van der Waals surface area contributed by atoms with E-state index in [-0.39, 0.29) is 0 Å². The molecule has 4 aliphatic heterocycles. The van der Waals surface area contributed by atoms with E-state index in [0.717, 1.165) is 19.3 Å². The Labute approximate surface area is 313 Å². The van der Waals surface area contributed by atoms with Gasteiger partial charge >= 0.3 is 0 Å². The fourth-order valence-electron chi connectivity index (χ4n) is 9.47. The van der Waals surface area contributed by atoms with Crippen LogP contribution in [0.4, 0.5) is 17.1 Å². The summed E-state index contributed by atoms with van der Waals surface area (Å²) in [6.07, 6.45) is 20.1. The van der Waals surface area contributed by atoms with Gasteiger partial charge < -0.3 is 9.80 Å². The van der Waals surface area contributed by atoms with Crippen molar-refractivity contribution < 1.29 is 0 Å². The third-order valence-electron chi connectivity index (χ3n) is 11.7. The van der Waals surface area contributed by atoms with Crippen molar-refractivity contribution in [2.45, 2.75) is 59.6 Å². The maximum atomic E-state index is 2.82. The lowest BCUT2D eigenvalue weighted by Crippen LogP contribution is -2.35. The molecule has 250 valence electrons. The van der Waals surface area contributed by atoms with E-state index in [1.807, 2.05) is 11.8 Å². The lowest BCUT2D eigenvalue weighted by atomic mass is 9.86. The fourth-order valence-corrected chi connectivity index (χ4v) is 14.2. The molecule has 7 aliphatic rings. The van der Waals surface area contributed by atoms with Crippen molar-refractivity contribution in [3.05, 3.63) is 177 Å². The third-order valence-corrected chi connectivity index (χ3v) is 16.2. The van der Waals surface area contributed by atoms with Gasteiger partial charge in [0, 0.05) is 53.1 Å². The summed E-state index contributed by atoms with van der Waals surface area (Å²) in [6.45, 7) is 0. The number of thioether (sulfide) groups is 3. The van der Waals surface area contributed by atoms with Crippen molar-refractivity contribution in [3.63, 3.8) is 0 Å². The number of anilines is 3. The van der Waals surface area contributed by atoms with Gasteiger partial charge in [0.05, 0.1) is 17.8 Å². The first-order valence-corrected chi connectivity index (χ1v) is 21.0. The molecule has 0 aromatic heterocycles. The molecule has 0 spiro atoms. The average Bonchev–Trinajstić information content (AvgIpc) is 3.94. The highest BCUT2D eigenvalue weighted by molar-refractivity contribution is 8.07. The molecule has 5 unspecified atom stereocenters. The normalized spacial score (nSPS) is 26.7. The van der Waals surface area contributed by atoms with E-state index in [4.69, 9.17) is 0 Å². The van der Waals surface area contributed by atoms with Crippen LogP contribution in [0.2, 0.25) is 0 Å². The Balaban J connectivity index is 1.01. The molecule has 4 heterocycles. The molecule has 0 saturated carbocycles. The highest BCUT2D eigenvalue weighted by Crippen LogP contribution is 2.63. The summed E-state index contributed by atoms with van der Waals surface area (Å²) in [7, 11) is 0. The second-order valence-corrected chi connectivity index (χ2v) is 18.0. The van der Waals surface area contributed by atoms with Gasteiger partial charge in [-0.15, -0.1) is 23.5 Å². The van der Waals surface area contributed by atoms with Crippen molar-refractivity contribution in [2.24, 2.45) is 5.92 Å². The van der Waals surface area contributed by atoms with Crippen LogP contribution < -0.4 is 9.80 Å². The first kappa shape index (κ1) is 30.6. The van der Waals surface area contributed by atoms with E-state index in [1.165, 1.54) is 71.9 Å². The number of hydrogen-bond donors (Lipinski definition) is 0. The van der Waals surface area contributed by atoms with Crippen LogP contribution in [0.5, 0.6) is 0 Å². The van der Waals surface area contributed by atoms with Gasteiger partial charge in [-0.25, -0.2) is 0 Å². The minimum absolute atomic E-state index is 0.397. The van der Waals surface area contributed by atoms with Crippen molar-refractivity contribution in [3.8, 4) is 11.1 Å². The van der Waals surface area contributed by atoms with E-state index in [9.17, 15) is 0 Å². The fraction of sp³-hybridized carbons (Fsp3) is 0.217. The molecule has 51 heavy (non-hydrogen) atoms. The molecule has 11 rings (SSSR count). The molecule has 4 aromatic rings. The van der Waals surface area contributed by atoms with Crippen LogP contribution in [0.15, 0.2) is 176 Å². The Hall–Kier alpha value is -4.03. The van der Waals surface area contributed by atoms with E-state index < -0.39 is 0 Å². The topological polar surface area (TPSA) is 6.48 Å². The Bertz CT molecular complexity index is 2240. The zero-order chi connectivity index (χ0) is 33.5. The van der Waals surface area contributed by atoms with E-state index in [2.05, 4.69) is 173 Å². The summed E-state index contributed by atoms with van der Waals surface area (Å²) >= 11 is 6.28. The zero-order valence-electron chi connectivity index (χ0n) is 28.3. The van der Waals surface area contributed by atoms with Gasteiger partial charge in [-0.2, -0.15) is 0 Å². The smallest absolute Gasteiger partial charge is 0.0694 e. The second-order valence-electron chi connectivity index (χ2n) is 14.5. The van der Waals surface area contributed by atoms with Gasteiger partial charge in [0.15, 0.2) is 0 Å². The third kappa shape index (κ3) is 4.88. The van der Waals surface area contributed by atoms with Gasteiger partial charge in [0.2, 0.25) is 0 Å². The molecule has 1 fully saturated rings. The van der Waals surface area contributed by atoms with Crippen molar-refractivity contribution in [1.29, 1.82) is 0 Å².